The second kappa shape index (κ2) is 4.10. The number of aromatic nitrogens is 6. The summed E-state index contributed by atoms with van der Waals surface area (Å²) in [7, 11) is 0. The highest BCUT2D eigenvalue weighted by Gasteiger charge is 2.06. The molecular formula is C10H7BrN6. The van der Waals surface area contributed by atoms with E-state index in [2.05, 4.69) is 41.7 Å². The molecule has 0 spiro atoms. The molecule has 0 radical (unpaired) electrons. The highest BCUT2D eigenvalue weighted by atomic mass is 79.9. The molecule has 2 heterocycles. The Balaban J connectivity index is 1.98. The number of rotatable bonds is 2. The van der Waals surface area contributed by atoms with Gasteiger partial charge in [-0.1, -0.05) is 15.9 Å². The number of hydrogen-bond donors (Lipinski definition) is 1. The summed E-state index contributed by atoms with van der Waals surface area (Å²) in [6.07, 6.45) is 3.56. The van der Waals surface area contributed by atoms with Gasteiger partial charge in [-0.3, -0.25) is 0 Å². The van der Waals surface area contributed by atoms with Crippen LogP contribution in [0.2, 0.25) is 0 Å². The van der Waals surface area contributed by atoms with E-state index in [0.29, 0.717) is 5.82 Å². The molecule has 3 aromatic rings. The number of halogens is 1. The Kier molecular flexibility index (Phi) is 2.45. The highest BCUT2D eigenvalue weighted by molar-refractivity contribution is 9.10. The predicted octanol–water partition coefficient (Wildman–Crippen LogP) is 1.81. The van der Waals surface area contributed by atoms with Crippen molar-refractivity contribution in [3.63, 3.8) is 0 Å². The minimum atomic E-state index is 0.536. The zero-order chi connectivity index (χ0) is 11.7. The topological polar surface area (TPSA) is 72.3 Å². The Morgan fingerprint density at radius 2 is 2.00 bits per heavy atom. The van der Waals surface area contributed by atoms with Crippen LogP contribution >= 0.6 is 15.9 Å². The molecule has 6 nitrogen and oxygen atoms in total. The summed E-state index contributed by atoms with van der Waals surface area (Å²) in [5.41, 5.74) is 1.80. The Bertz CT molecular complexity index is 613. The van der Waals surface area contributed by atoms with Gasteiger partial charge in [-0.2, -0.15) is 10.3 Å². The van der Waals surface area contributed by atoms with Gasteiger partial charge in [-0.25, -0.2) is 4.68 Å². The van der Waals surface area contributed by atoms with Gasteiger partial charge in [0.1, 0.15) is 0 Å². The second-order valence-corrected chi connectivity index (χ2v) is 4.30. The van der Waals surface area contributed by atoms with E-state index in [1.807, 2.05) is 30.5 Å². The summed E-state index contributed by atoms with van der Waals surface area (Å²) in [6.45, 7) is 0. The van der Waals surface area contributed by atoms with Crippen LogP contribution in [0.5, 0.6) is 0 Å². The quantitative estimate of drug-likeness (QED) is 0.781. The minimum Gasteiger partial charge on any atom is -0.240 e. The first kappa shape index (κ1) is 10.2. The normalized spacial score (nSPS) is 10.6. The molecule has 0 saturated carbocycles. The molecular weight excluding hydrogens is 284 g/mol. The van der Waals surface area contributed by atoms with Crippen molar-refractivity contribution in [2.24, 2.45) is 0 Å². The van der Waals surface area contributed by atoms with Crippen LogP contribution in [0.15, 0.2) is 41.1 Å². The lowest BCUT2D eigenvalue weighted by Gasteiger charge is -1.99. The standard InChI is InChI=1S/C10H7BrN6/c11-8-1-3-9(4-2-8)17-6-7(5-12-17)10-13-15-16-14-10/h1-6H,(H,13,14,15,16). The van der Waals surface area contributed by atoms with Gasteiger partial charge >= 0.3 is 0 Å². The van der Waals surface area contributed by atoms with Gasteiger partial charge in [0, 0.05) is 10.7 Å². The predicted molar refractivity (Wildman–Crippen MR) is 64.4 cm³/mol. The molecule has 17 heavy (non-hydrogen) atoms. The number of aromatic amines is 1. The number of benzene rings is 1. The Morgan fingerprint density at radius 3 is 2.71 bits per heavy atom. The van der Waals surface area contributed by atoms with Crippen molar-refractivity contribution in [3.8, 4) is 17.1 Å². The molecule has 0 aliphatic heterocycles. The zero-order valence-corrected chi connectivity index (χ0v) is 10.2. The van der Waals surface area contributed by atoms with E-state index < -0.39 is 0 Å². The third-order valence-corrected chi connectivity index (χ3v) is 2.81. The van der Waals surface area contributed by atoms with E-state index in [-0.39, 0.29) is 0 Å². The van der Waals surface area contributed by atoms with Crippen molar-refractivity contribution in [3.05, 3.63) is 41.1 Å². The number of H-pyrrole nitrogens is 1. The number of hydrogen-bond acceptors (Lipinski definition) is 4. The van der Waals surface area contributed by atoms with Gasteiger partial charge in [0.15, 0.2) is 0 Å². The van der Waals surface area contributed by atoms with Crippen LogP contribution in [0.1, 0.15) is 0 Å². The van der Waals surface area contributed by atoms with Crippen LogP contribution in [0.3, 0.4) is 0 Å². The summed E-state index contributed by atoms with van der Waals surface area (Å²) >= 11 is 3.39. The minimum absolute atomic E-state index is 0.536. The van der Waals surface area contributed by atoms with Gasteiger partial charge < -0.3 is 0 Å². The molecule has 0 amide bonds. The van der Waals surface area contributed by atoms with E-state index in [0.717, 1.165) is 15.7 Å². The monoisotopic (exact) mass is 290 g/mol. The highest BCUT2D eigenvalue weighted by Crippen LogP contribution is 2.17. The first-order valence-corrected chi connectivity index (χ1v) is 5.67. The maximum absolute atomic E-state index is 4.25. The number of nitrogens with zero attached hydrogens (tertiary/aromatic N) is 5. The molecule has 1 N–H and O–H groups in total. The SMILES string of the molecule is Brc1ccc(-n2cc(-c3nn[nH]n3)cn2)cc1. The van der Waals surface area contributed by atoms with Gasteiger partial charge in [0.05, 0.1) is 17.4 Å². The van der Waals surface area contributed by atoms with Crippen LogP contribution in [0.4, 0.5) is 0 Å². The maximum atomic E-state index is 4.25. The lowest BCUT2D eigenvalue weighted by molar-refractivity contribution is 0.880. The molecule has 1 aromatic carbocycles. The Morgan fingerprint density at radius 1 is 1.18 bits per heavy atom. The number of tetrazole rings is 1. The average molecular weight is 291 g/mol. The second-order valence-electron chi connectivity index (χ2n) is 3.39. The van der Waals surface area contributed by atoms with Crippen molar-refractivity contribution in [1.82, 2.24) is 30.4 Å². The van der Waals surface area contributed by atoms with Gasteiger partial charge in [0.25, 0.3) is 0 Å². The van der Waals surface area contributed by atoms with Gasteiger partial charge in [-0.15, -0.1) is 10.2 Å². The van der Waals surface area contributed by atoms with Crippen molar-refractivity contribution in [2.75, 3.05) is 0 Å². The summed E-state index contributed by atoms with van der Waals surface area (Å²) in [4.78, 5) is 0. The van der Waals surface area contributed by atoms with Gasteiger partial charge in [-0.05, 0) is 29.5 Å². The smallest absolute Gasteiger partial charge is 0.207 e. The van der Waals surface area contributed by atoms with Crippen molar-refractivity contribution in [1.29, 1.82) is 0 Å². The average Bonchev–Trinajstić information content (AvgIpc) is 3.00. The molecule has 2 aromatic heterocycles. The fourth-order valence-electron chi connectivity index (χ4n) is 1.46. The molecule has 0 saturated heterocycles. The summed E-state index contributed by atoms with van der Waals surface area (Å²) in [5, 5.41) is 18.0. The van der Waals surface area contributed by atoms with E-state index in [9.17, 15) is 0 Å². The molecule has 0 fully saturated rings. The van der Waals surface area contributed by atoms with E-state index in [4.69, 9.17) is 0 Å². The molecule has 7 heteroatoms. The lowest BCUT2D eigenvalue weighted by Crippen LogP contribution is -1.92. The summed E-state index contributed by atoms with van der Waals surface area (Å²) in [5.74, 6) is 0.536. The van der Waals surface area contributed by atoms with E-state index in [1.54, 1.807) is 10.9 Å². The Labute approximate surface area is 105 Å². The van der Waals surface area contributed by atoms with Crippen molar-refractivity contribution < 1.29 is 0 Å². The largest absolute Gasteiger partial charge is 0.240 e. The Hall–Kier alpha value is -2.02. The zero-order valence-electron chi connectivity index (χ0n) is 8.58. The van der Waals surface area contributed by atoms with Crippen LogP contribution in [0.25, 0.3) is 17.1 Å². The van der Waals surface area contributed by atoms with E-state index in [1.165, 1.54) is 0 Å². The lowest BCUT2D eigenvalue weighted by atomic mass is 10.3. The molecule has 3 rings (SSSR count). The van der Waals surface area contributed by atoms with E-state index >= 15 is 0 Å². The van der Waals surface area contributed by atoms with Crippen molar-refractivity contribution in [2.45, 2.75) is 0 Å². The third kappa shape index (κ3) is 1.96. The van der Waals surface area contributed by atoms with Gasteiger partial charge in [0.2, 0.25) is 5.82 Å². The molecule has 0 aliphatic carbocycles. The van der Waals surface area contributed by atoms with Crippen molar-refractivity contribution >= 4 is 15.9 Å². The van der Waals surface area contributed by atoms with Crippen LogP contribution < -0.4 is 0 Å². The molecule has 0 bridgehead atoms. The fourth-order valence-corrected chi connectivity index (χ4v) is 1.72. The number of nitrogens with one attached hydrogen (secondary N) is 1. The van der Waals surface area contributed by atoms with Crippen LogP contribution in [-0.4, -0.2) is 30.4 Å². The fraction of sp³-hybridized carbons (Fsp3) is 0. The maximum Gasteiger partial charge on any atom is 0.207 e. The molecule has 84 valence electrons. The van der Waals surface area contributed by atoms with Crippen LogP contribution in [0, 0.1) is 0 Å². The van der Waals surface area contributed by atoms with Crippen LogP contribution in [-0.2, 0) is 0 Å². The first-order chi connectivity index (χ1) is 8.33. The molecule has 0 aliphatic rings. The summed E-state index contributed by atoms with van der Waals surface area (Å²) in [6, 6.07) is 7.87. The summed E-state index contributed by atoms with van der Waals surface area (Å²) < 4.78 is 2.80. The first-order valence-electron chi connectivity index (χ1n) is 4.87. The molecule has 0 unspecified atom stereocenters. The third-order valence-electron chi connectivity index (χ3n) is 2.28. The molecule has 0 atom stereocenters.